The van der Waals surface area contributed by atoms with Crippen LogP contribution in [-0.4, -0.2) is 57.1 Å². The second-order valence-corrected chi connectivity index (χ2v) is 10.9. The first-order chi connectivity index (χ1) is 16.4. The van der Waals surface area contributed by atoms with E-state index in [0.717, 1.165) is 27.3 Å². The second kappa shape index (κ2) is 12.1. The standard InChI is InChI=1S/C26H37N3O5S/c1-8-23(26(31)27-18(2)3)28(16-21-10-12-22(34-6)13-11-21)25(30)17-29(35(7,32)33)24-14-9-19(4)15-20(24)5/h9-15,18,23H,8,16-17H2,1-7H3,(H,27,31)/t23-/m1/s1. The van der Waals surface area contributed by atoms with Gasteiger partial charge in [-0.25, -0.2) is 8.42 Å². The average molecular weight is 504 g/mol. The van der Waals surface area contributed by atoms with Crippen LogP contribution in [0.5, 0.6) is 5.75 Å². The number of hydrogen-bond acceptors (Lipinski definition) is 5. The Kier molecular flexibility index (Phi) is 9.71. The zero-order chi connectivity index (χ0) is 26.3. The van der Waals surface area contributed by atoms with Crippen LogP contribution in [0.25, 0.3) is 0 Å². The number of amides is 2. The number of anilines is 1. The number of carbonyl (C=O) groups is 2. The summed E-state index contributed by atoms with van der Waals surface area (Å²) in [6, 6.07) is 11.7. The topological polar surface area (TPSA) is 96.0 Å². The molecule has 0 unspecified atom stereocenters. The minimum absolute atomic E-state index is 0.0998. The minimum Gasteiger partial charge on any atom is -0.497 e. The van der Waals surface area contributed by atoms with Crippen molar-refractivity contribution in [2.75, 3.05) is 24.2 Å². The summed E-state index contributed by atoms with van der Waals surface area (Å²) >= 11 is 0. The summed E-state index contributed by atoms with van der Waals surface area (Å²) in [5.74, 6) is -0.0620. The number of carbonyl (C=O) groups excluding carboxylic acids is 2. The second-order valence-electron chi connectivity index (χ2n) is 9.02. The molecular weight excluding hydrogens is 466 g/mol. The van der Waals surface area contributed by atoms with Gasteiger partial charge in [-0.2, -0.15) is 0 Å². The van der Waals surface area contributed by atoms with Crippen molar-refractivity contribution in [3.63, 3.8) is 0 Å². The molecule has 0 spiro atoms. The fourth-order valence-corrected chi connectivity index (χ4v) is 4.81. The Bertz CT molecular complexity index is 1130. The van der Waals surface area contributed by atoms with Crippen molar-refractivity contribution < 1.29 is 22.7 Å². The predicted octanol–water partition coefficient (Wildman–Crippen LogP) is 3.41. The summed E-state index contributed by atoms with van der Waals surface area (Å²) in [6.07, 6.45) is 1.46. The Labute approximate surface area is 209 Å². The van der Waals surface area contributed by atoms with E-state index in [2.05, 4.69) is 5.32 Å². The van der Waals surface area contributed by atoms with E-state index in [1.807, 2.05) is 58.9 Å². The first-order valence-corrected chi connectivity index (χ1v) is 13.5. The lowest BCUT2D eigenvalue weighted by molar-refractivity contribution is -0.140. The van der Waals surface area contributed by atoms with Crippen LogP contribution in [0.1, 0.15) is 43.9 Å². The highest BCUT2D eigenvalue weighted by Gasteiger charge is 2.32. The van der Waals surface area contributed by atoms with Crippen molar-refractivity contribution in [1.82, 2.24) is 10.2 Å². The van der Waals surface area contributed by atoms with E-state index in [1.54, 1.807) is 25.3 Å². The molecule has 0 heterocycles. The zero-order valence-electron chi connectivity index (χ0n) is 21.7. The highest BCUT2D eigenvalue weighted by atomic mass is 32.2. The predicted molar refractivity (Wildman–Crippen MR) is 139 cm³/mol. The molecule has 0 aromatic heterocycles. The highest BCUT2D eigenvalue weighted by Crippen LogP contribution is 2.24. The van der Waals surface area contributed by atoms with Gasteiger partial charge in [-0.15, -0.1) is 0 Å². The Balaban J connectivity index is 2.46. The third kappa shape index (κ3) is 7.71. The maximum atomic E-state index is 13.7. The zero-order valence-corrected chi connectivity index (χ0v) is 22.5. The van der Waals surface area contributed by atoms with Crippen LogP contribution in [0.2, 0.25) is 0 Å². The van der Waals surface area contributed by atoms with E-state index in [-0.39, 0.29) is 18.5 Å². The molecule has 1 N–H and O–H groups in total. The summed E-state index contributed by atoms with van der Waals surface area (Å²) in [4.78, 5) is 28.2. The molecule has 0 aliphatic carbocycles. The van der Waals surface area contributed by atoms with Gasteiger partial charge in [-0.3, -0.25) is 13.9 Å². The van der Waals surface area contributed by atoms with Gasteiger partial charge in [-0.05, 0) is 63.4 Å². The normalized spacial score (nSPS) is 12.2. The number of methoxy groups -OCH3 is 1. The molecule has 0 radical (unpaired) electrons. The number of benzene rings is 2. The van der Waals surface area contributed by atoms with Crippen LogP contribution in [0.4, 0.5) is 5.69 Å². The molecule has 35 heavy (non-hydrogen) atoms. The van der Waals surface area contributed by atoms with Crippen molar-refractivity contribution in [2.24, 2.45) is 0 Å². The molecule has 2 rings (SSSR count). The number of nitrogens with one attached hydrogen (secondary N) is 1. The molecule has 0 bridgehead atoms. The van der Waals surface area contributed by atoms with E-state index < -0.39 is 28.5 Å². The van der Waals surface area contributed by atoms with E-state index in [4.69, 9.17) is 4.74 Å². The summed E-state index contributed by atoms with van der Waals surface area (Å²) in [6.45, 7) is 9.00. The molecule has 0 aliphatic rings. The van der Waals surface area contributed by atoms with Gasteiger partial charge in [0.15, 0.2) is 0 Å². The molecule has 0 saturated carbocycles. The summed E-state index contributed by atoms with van der Waals surface area (Å²) in [7, 11) is -2.20. The molecule has 0 fully saturated rings. The molecular formula is C26H37N3O5S. The largest absolute Gasteiger partial charge is 0.497 e. The lowest BCUT2D eigenvalue weighted by Crippen LogP contribution is -2.53. The van der Waals surface area contributed by atoms with Gasteiger partial charge < -0.3 is 15.0 Å². The van der Waals surface area contributed by atoms with E-state index in [1.165, 1.54) is 4.90 Å². The monoisotopic (exact) mass is 503 g/mol. The molecule has 8 nitrogen and oxygen atoms in total. The van der Waals surface area contributed by atoms with E-state index >= 15 is 0 Å². The maximum Gasteiger partial charge on any atom is 0.244 e. The average Bonchev–Trinajstić information content (AvgIpc) is 2.77. The van der Waals surface area contributed by atoms with Crippen LogP contribution >= 0.6 is 0 Å². The maximum absolute atomic E-state index is 13.7. The van der Waals surface area contributed by atoms with Crippen LogP contribution in [0.15, 0.2) is 42.5 Å². The molecule has 2 aromatic carbocycles. The Hall–Kier alpha value is -3.07. The highest BCUT2D eigenvalue weighted by molar-refractivity contribution is 7.92. The van der Waals surface area contributed by atoms with Crippen LogP contribution < -0.4 is 14.4 Å². The van der Waals surface area contributed by atoms with Gasteiger partial charge >= 0.3 is 0 Å². The molecule has 1 atom stereocenters. The fourth-order valence-electron chi connectivity index (χ4n) is 3.91. The summed E-state index contributed by atoms with van der Waals surface area (Å²) in [5, 5.41) is 2.88. The number of nitrogens with zero attached hydrogens (tertiary/aromatic N) is 2. The molecule has 0 aliphatic heterocycles. The van der Waals surface area contributed by atoms with Crippen LogP contribution in [-0.2, 0) is 26.2 Å². The third-order valence-electron chi connectivity index (χ3n) is 5.63. The summed E-state index contributed by atoms with van der Waals surface area (Å²) in [5.41, 5.74) is 2.97. The van der Waals surface area contributed by atoms with Crippen molar-refractivity contribution in [3.8, 4) is 5.75 Å². The number of rotatable bonds is 11. The Morgan fingerprint density at radius 2 is 1.69 bits per heavy atom. The number of hydrogen-bond donors (Lipinski definition) is 1. The van der Waals surface area contributed by atoms with Gasteiger partial charge in [0.2, 0.25) is 21.8 Å². The lowest BCUT2D eigenvalue weighted by Gasteiger charge is -2.33. The number of ether oxygens (including phenoxy) is 1. The minimum atomic E-state index is -3.77. The number of sulfonamides is 1. The van der Waals surface area contributed by atoms with Crippen molar-refractivity contribution in [3.05, 3.63) is 59.2 Å². The smallest absolute Gasteiger partial charge is 0.244 e. The van der Waals surface area contributed by atoms with Crippen LogP contribution in [0.3, 0.4) is 0 Å². The van der Waals surface area contributed by atoms with Gasteiger partial charge in [0, 0.05) is 12.6 Å². The third-order valence-corrected chi connectivity index (χ3v) is 6.76. The summed E-state index contributed by atoms with van der Waals surface area (Å²) < 4.78 is 31.8. The Morgan fingerprint density at radius 3 is 2.17 bits per heavy atom. The molecule has 192 valence electrons. The van der Waals surface area contributed by atoms with E-state index in [9.17, 15) is 18.0 Å². The van der Waals surface area contributed by atoms with Crippen molar-refractivity contribution in [1.29, 1.82) is 0 Å². The fraction of sp³-hybridized carbons (Fsp3) is 0.462. The quantitative estimate of drug-likeness (QED) is 0.507. The Morgan fingerprint density at radius 1 is 1.06 bits per heavy atom. The van der Waals surface area contributed by atoms with Gasteiger partial charge in [0.05, 0.1) is 19.1 Å². The van der Waals surface area contributed by atoms with Gasteiger partial charge in [0.1, 0.15) is 18.3 Å². The molecule has 9 heteroatoms. The van der Waals surface area contributed by atoms with E-state index in [0.29, 0.717) is 17.9 Å². The SMILES string of the molecule is CC[C@H](C(=O)NC(C)C)N(Cc1ccc(OC)cc1)C(=O)CN(c1ccc(C)cc1C)S(C)(=O)=O. The first kappa shape index (κ1) is 28.2. The first-order valence-electron chi connectivity index (χ1n) is 11.6. The lowest BCUT2D eigenvalue weighted by atomic mass is 10.1. The van der Waals surface area contributed by atoms with Crippen molar-refractivity contribution in [2.45, 2.75) is 59.7 Å². The molecule has 2 amide bonds. The number of aryl methyl sites for hydroxylation is 2. The molecule has 2 aromatic rings. The van der Waals surface area contributed by atoms with Crippen molar-refractivity contribution >= 4 is 27.5 Å². The van der Waals surface area contributed by atoms with Crippen LogP contribution in [0, 0.1) is 13.8 Å². The van der Waals surface area contributed by atoms with Gasteiger partial charge in [-0.1, -0.05) is 36.8 Å². The van der Waals surface area contributed by atoms with Gasteiger partial charge in [0.25, 0.3) is 0 Å². The molecule has 0 saturated heterocycles.